The zero-order valence-electron chi connectivity index (χ0n) is 6.99. The van der Waals surface area contributed by atoms with Gasteiger partial charge in [0, 0.05) is 0 Å². The lowest BCUT2D eigenvalue weighted by Crippen LogP contribution is -2.59. The Morgan fingerprint density at radius 3 is 2.08 bits per heavy atom. The monoisotopic (exact) mass is 192 g/mol. The molecule has 1 saturated heterocycles. The van der Waals surface area contributed by atoms with E-state index in [1.165, 1.54) is 0 Å². The maximum absolute atomic E-state index is 10.8. The van der Waals surface area contributed by atoms with E-state index in [9.17, 15) is 9.90 Å². The van der Waals surface area contributed by atoms with Crippen LogP contribution in [0.4, 0.5) is 0 Å². The van der Waals surface area contributed by atoms with Crippen LogP contribution in [-0.4, -0.2) is 56.9 Å². The lowest BCUT2D eigenvalue weighted by atomic mass is 9.97. The van der Waals surface area contributed by atoms with Crippen LogP contribution in [0.2, 0.25) is 0 Å². The van der Waals surface area contributed by atoms with Gasteiger partial charge >= 0.3 is 0 Å². The summed E-state index contributed by atoms with van der Waals surface area (Å²) in [5.41, 5.74) is 0. The third-order valence-electron chi connectivity index (χ3n) is 1.99. The topological polar surface area (TPSA) is 107 Å². The Bertz CT molecular complexity index is 205. The Balaban J connectivity index is 2.76. The summed E-state index contributed by atoms with van der Waals surface area (Å²) < 4.78 is 4.59. The molecule has 0 radical (unpaired) electrons. The van der Waals surface area contributed by atoms with Gasteiger partial charge in [-0.05, 0) is 6.92 Å². The van der Waals surface area contributed by atoms with Gasteiger partial charge in [-0.3, -0.25) is 4.79 Å². The van der Waals surface area contributed by atoms with Gasteiger partial charge in [-0.2, -0.15) is 0 Å². The summed E-state index contributed by atoms with van der Waals surface area (Å²) in [6, 6.07) is 0. The van der Waals surface area contributed by atoms with Gasteiger partial charge in [0.1, 0.15) is 24.4 Å². The summed E-state index contributed by atoms with van der Waals surface area (Å²) in [6.07, 6.45) is -7.60. The summed E-state index contributed by atoms with van der Waals surface area (Å²) in [4.78, 5) is 10.8. The van der Waals surface area contributed by atoms with Crippen molar-refractivity contribution in [3.8, 4) is 0 Å². The lowest BCUT2D eigenvalue weighted by molar-refractivity contribution is -0.274. The molecule has 13 heavy (non-hydrogen) atoms. The van der Waals surface area contributed by atoms with Crippen molar-refractivity contribution in [3.63, 3.8) is 0 Å². The number of aliphatic hydroxyl groups is 4. The molecule has 1 aliphatic heterocycles. The maximum Gasteiger partial charge on any atom is 0.184 e. The van der Waals surface area contributed by atoms with Crippen LogP contribution in [0.1, 0.15) is 6.92 Å². The van der Waals surface area contributed by atoms with Gasteiger partial charge in [-0.15, -0.1) is 0 Å². The average molecular weight is 192 g/mol. The standard InChI is InChI=1S/C7H12O6/c1-2(8)6-4(10)3(9)5(11)7(12)13-6/h3-7,9-12H,1H3/t3-,4-,5+,6+,7+/m1/s1. The normalized spacial score (nSPS) is 46.1. The minimum atomic E-state index is -1.65. The van der Waals surface area contributed by atoms with Gasteiger partial charge in [0.15, 0.2) is 12.1 Å². The van der Waals surface area contributed by atoms with Crippen LogP contribution in [0.5, 0.6) is 0 Å². The molecule has 0 aliphatic carbocycles. The number of Topliss-reactive ketones (excluding diaryl/α,β-unsaturated/α-hetero) is 1. The van der Waals surface area contributed by atoms with Gasteiger partial charge < -0.3 is 25.2 Å². The highest BCUT2D eigenvalue weighted by Gasteiger charge is 2.44. The summed E-state index contributed by atoms with van der Waals surface area (Å²) in [5.74, 6) is -0.516. The summed E-state index contributed by atoms with van der Waals surface area (Å²) in [7, 11) is 0. The zero-order chi connectivity index (χ0) is 10.2. The number of ether oxygens (including phenoxy) is 1. The highest BCUT2D eigenvalue weighted by atomic mass is 16.6. The number of rotatable bonds is 1. The van der Waals surface area contributed by atoms with Crippen molar-refractivity contribution in [1.82, 2.24) is 0 Å². The van der Waals surface area contributed by atoms with Gasteiger partial charge in [0.05, 0.1) is 0 Å². The van der Waals surface area contributed by atoms with Crippen molar-refractivity contribution in [1.29, 1.82) is 0 Å². The van der Waals surface area contributed by atoms with Crippen LogP contribution < -0.4 is 0 Å². The molecular formula is C7H12O6. The molecule has 0 saturated carbocycles. The van der Waals surface area contributed by atoms with E-state index in [0.717, 1.165) is 6.92 Å². The second kappa shape index (κ2) is 3.69. The molecule has 1 fully saturated rings. The van der Waals surface area contributed by atoms with Crippen LogP contribution in [0.3, 0.4) is 0 Å². The molecule has 1 heterocycles. The number of hydrogen-bond donors (Lipinski definition) is 4. The van der Waals surface area contributed by atoms with E-state index in [1.54, 1.807) is 0 Å². The molecule has 0 aromatic heterocycles. The van der Waals surface area contributed by atoms with Gasteiger partial charge in [0.2, 0.25) is 0 Å². The molecule has 0 unspecified atom stereocenters. The van der Waals surface area contributed by atoms with Crippen molar-refractivity contribution >= 4 is 5.78 Å². The minimum Gasteiger partial charge on any atom is -0.387 e. The van der Waals surface area contributed by atoms with Gasteiger partial charge in [-0.25, -0.2) is 0 Å². The highest BCUT2D eigenvalue weighted by Crippen LogP contribution is 2.20. The van der Waals surface area contributed by atoms with E-state index in [-0.39, 0.29) is 0 Å². The predicted octanol–water partition coefficient (Wildman–Crippen LogP) is -2.62. The van der Waals surface area contributed by atoms with Crippen molar-refractivity contribution in [2.24, 2.45) is 0 Å². The van der Waals surface area contributed by atoms with Crippen molar-refractivity contribution < 1.29 is 30.0 Å². The number of ketones is 1. The fraction of sp³-hybridized carbons (Fsp3) is 0.857. The number of aliphatic hydroxyl groups excluding tert-OH is 4. The van der Waals surface area contributed by atoms with E-state index < -0.39 is 36.5 Å². The minimum absolute atomic E-state index is 0.516. The van der Waals surface area contributed by atoms with E-state index >= 15 is 0 Å². The Morgan fingerprint density at radius 1 is 1.08 bits per heavy atom. The first-order valence-corrected chi connectivity index (χ1v) is 3.83. The molecule has 0 amide bonds. The Kier molecular flexibility index (Phi) is 2.99. The Labute approximate surface area is 74.4 Å². The summed E-state index contributed by atoms with van der Waals surface area (Å²) >= 11 is 0. The smallest absolute Gasteiger partial charge is 0.184 e. The first kappa shape index (κ1) is 10.6. The van der Waals surface area contributed by atoms with Crippen LogP contribution in [-0.2, 0) is 9.53 Å². The molecular weight excluding hydrogens is 180 g/mol. The largest absolute Gasteiger partial charge is 0.387 e. The molecule has 5 atom stereocenters. The van der Waals surface area contributed by atoms with Crippen molar-refractivity contribution in [2.45, 2.75) is 37.6 Å². The van der Waals surface area contributed by atoms with Crippen molar-refractivity contribution in [3.05, 3.63) is 0 Å². The molecule has 1 rings (SSSR count). The van der Waals surface area contributed by atoms with Crippen LogP contribution >= 0.6 is 0 Å². The molecule has 4 N–H and O–H groups in total. The first-order valence-electron chi connectivity index (χ1n) is 3.83. The number of hydrogen-bond acceptors (Lipinski definition) is 6. The van der Waals surface area contributed by atoms with E-state index in [1.807, 2.05) is 0 Å². The quantitative estimate of drug-likeness (QED) is 0.362. The fourth-order valence-corrected chi connectivity index (χ4v) is 1.20. The average Bonchev–Trinajstić information content (AvgIpc) is 2.07. The SMILES string of the molecule is CC(=O)[C@@H]1O[C@H](O)[C@@H](O)[C@H](O)[C@H]1O. The summed E-state index contributed by atoms with van der Waals surface area (Å²) in [6.45, 7) is 1.16. The second-order valence-corrected chi connectivity index (χ2v) is 3.03. The molecule has 0 bridgehead atoms. The number of carbonyl (C=O) groups is 1. The molecule has 6 heteroatoms. The summed E-state index contributed by atoms with van der Waals surface area (Å²) in [5, 5.41) is 36.4. The fourth-order valence-electron chi connectivity index (χ4n) is 1.20. The highest BCUT2D eigenvalue weighted by molar-refractivity contribution is 5.81. The third-order valence-corrected chi connectivity index (χ3v) is 1.99. The van der Waals surface area contributed by atoms with E-state index in [4.69, 9.17) is 15.3 Å². The maximum atomic E-state index is 10.8. The van der Waals surface area contributed by atoms with Crippen LogP contribution in [0.15, 0.2) is 0 Å². The van der Waals surface area contributed by atoms with Gasteiger partial charge in [0.25, 0.3) is 0 Å². The molecule has 1 aliphatic rings. The van der Waals surface area contributed by atoms with Crippen molar-refractivity contribution in [2.75, 3.05) is 0 Å². The molecule has 0 aromatic carbocycles. The Morgan fingerprint density at radius 2 is 1.62 bits per heavy atom. The van der Waals surface area contributed by atoms with Crippen LogP contribution in [0.25, 0.3) is 0 Å². The molecule has 0 spiro atoms. The molecule has 0 aromatic rings. The van der Waals surface area contributed by atoms with E-state index in [2.05, 4.69) is 4.74 Å². The zero-order valence-corrected chi connectivity index (χ0v) is 6.99. The van der Waals surface area contributed by atoms with E-state index in [0.29, 0.717) is 0 Å². The van der Waals surface area contributed by atoms with Crippen LogP contribution in [0, 0.1) is 0 Å². The molecule has 76 valence electrons. The predicted molar refractivity (Wildman–Crippen MR) is 39.6 cm³/mol. The number of carbonyl (C=O) groups excluding carboxylic acids is 1. The lowest BCUT2D eigenvalue weighted by Gasteiger charge is -2.37. The van der Waals surface area contributed by atoms with Gasteiger partial charge in [-0.1, -0.05) is 0 Å². The second-order valence-electron chi connectivity index (χ2n) is 3.03. The third kappa shape index (κ3) is 1.87. The first-order chi connectivity index (χ1) is 5.95. The molecule has 6 nitrogen and oxygen atoms in total. The Hall–Kier alpha value is -0.530.